The van der Waals surface area contributed by atoms with Crippen molar-refractivity contribution in [1.82, 2.24) is 5.32 Å². The van der Waals surface area contributed by atoms with E-state index < -0.39 is 30.1 Å². The highest BCUT2D eigenvalue weighted by Crippen LogP contribution is 1.96. The van der Waals surface area contributed by atoms with E-state index in [0.717, 1.165) is 0 Å². The number of carboxylic acid groups (broad SMARTS) is 2. The second-order valence-corrected chi connectivity index (χ2v) is 4.49. The Morgan fingerprint density at radius 2 is 1.60 bits per heavy atom. The van der Waals surface area contributed by atoms with Crippen molar-refractivity contribution < 1.29 is 24.6 Å². The molecule has 20 heavy (non-hydrogen) atoms. The number of carbonyl (C=O) groups excluding carboxylic acids is 1. The van der Waals surface area contributed by atoms with Gasteiger partial charge in [-0.15, -0.1) is 0 Å². The number of rotatable bonds is 7. The molecule has 0 heterocycles. The van der Waals surface area contributed by atoms with E-state index in [1.165, 1.54) is 0 Å². The third-order valence-corrected chi connectivity index (χ3v) is 2.31. The van der Waals surface area contributed by atoms with Crippen LogP contribution in [0.3, 0.4) is 0 Å². The molecule has 118 valence electrons. The van der Waals surface area contributed by atoms with E-state index >= 15 is 0 Å². The molecule has 0 aliphatic heterocycles. The molecule has 0 saturated carbocycles. The predicted octanol–water partition coefficient (Wildman–Crippen LogP) is -1.10. The molecule has 9 N–H and O–H groups in total. The van der Waals surface area contributed by atoms with Gasteiger partial charge in [0, 0.05) is 6.54 Å². The van der Waals surface area contributed by atoms with E-state index in [9.17, 15) is 14.4 Å². The molecular weight excluding hydrogens is 268 g/mol. The highest BCUT2D eigenvalue weighted by atomic mass is 16.4. The Labute approximate surface area is 117 Å². The number of carbonyl (C=O) groups is 3. The van der Waals surface area contributed by atoms with Gasteiger partial charge < -0.3 is 32.7 Å². The SMILES string of the molecule is CC(C)[C@H](N)C(=O)O.NC(=O)NCCC[C@H](N)C(=O)O. The summed E-state index contributed by atoms with van der Waals surface area (Å²) in [5.41, 5.74) is 15.1. The summed E-state index contributed by atoms with van der Waals surface area (Å²) >= 11 is 0. The van der Waals surface area contributed by atoms with Crippen molar-refractivity contribution in [1.29, 1.82) is 0 Å². The summed E-state index contributed by atoms with van der Waals surface area (Å²) in [6.07, 6.45) is 0.839. The quantitative estimate of drug-likeness (QED) is 0.322. The zero-order valence-electron chi connectivity index (χ0n) is 11.7. The monoisotopic (exact) mass is 292 g/mol. The maximum atomic E-state index is 10.2. The predicted molar refractivity (Wildman–Crippen MR) is 72.9 cm³/mol. The summed E-state index contributed by atoms with van der Waals surface area (Å²) in [7, 11) is 0. The van der Waals surface area contributed by atoms with Gasteiger partial charge in [0.05, 0.1) is 0 Å². The average Bonchev–Trinajstić information content (AvgIpc) is 2.33. The van der Waals surface area contributed by atoms with Crippen LogP contribution in [0.15, 0.2) is 0 Å². The second kappa shape index (κ2) is 11.0. The van der Waals surface area contributed by atoms with Crippen molar-refractivity contribution in [2.75, 3.05) is 6.54 Å². The Morgan fingerprint density at radius 1 is 1.10 bits per heavy atom. The Morgan fingerprint density at radius 3 is 1.85 bits per heavy atom. The lowest BCUT2D eigenvalue weighted by molar-refractivity contribution is -0.140. The number of nitrogens with two attached hydrogens (primary N) is 3. The van der Waals surface area contributed by atoms with Crippen molar-refractivity contribution in [3.63, 3.8) is 0 Å². The van der Waals surface area contributed by atoms with Gasteiger partial charge in [0.25, 0.3) is 0 Å². The minimum atomic E-state index is -1.03. The van der Waals surface area contributed by atoms with Gasteiger partial charge in [0.2, 0.25) is 0 Å². The highest BCUT2D eigenvalue weighted by Gasteiger charge is 2.14. The van der Waals surface area contributed by atoms with Gasteiger partial charge in [-0.05, 0) is 18.8 Å². The number of amides is 2. The van der Waals surface area contributed by atoms with Gasteiger partial charge >= 0.3 is 18.0 Å². The summed E-state index contributed by atoms with van der Waals surface area (Å²) in [5.74, 6) is -1.94. The fourth-order valence-corrected chi connectivity index (χ4v) is 0.942. The molecule has 9 nitrogen and oxygen atoms in total. The molecule has 2 amide bonds. The lowest BCUT2D eigenvalue weighted by Gasteiger charge is -2.07. The van der Waals surface area contributed by atoms with Crippen molar-refractivity contribution in [2.45, 2.75) is 38.8 Å². The largest absolute Gasteiger partial charge is 0.480 e. The molecule has 0 bridgehead atoms. The molecule has 0 radical (unpaired) electrons. The molecule has 0 aromatic heterocycles. The van der Waals surface area contributed by atoms with Crippen LogP contribution in [0, 0.1) is 5.92 Å². The van der Waals surface area contributed by atoms with Crippen molar-refractivity contribution in [2.24, 2.45) is 23.1 Å². The molecule has 0 spiro atoms. The average molecular weight is 292 g/mol. The van der Waals surface area contributed by atoms with E-state index in [1.54, 1.807) is 13.8 Å². The van der Waals surface area contributed by atoms with E-state index in [-0.39, 0.29) is 5.92 Å². The van der Waals surface area contributed by atoms with Crippen LogP contribution >= 0.6 is 0 Å². The maximum absolute atomic E-state index is 10.2. The first-order valence-corrected chi connectivity index (χ1v) is 6.09. The van der Waals surface area contributed by atoms with Gasteiger partial charge in [0.15, 0.2) is 0 Å². The fraction of sp³-hybridized carbons (Fsp3) is 0.727. The number of carboxylic acids is 2. The van der Waals surface area contributed by atoms with Crippen LogP contribution in [0.1, 0.15) is 26.7 Å². The normalized spacial score (nSPS) is 12.8. The van der Waals surface area contributed by atoms with Crippen LogP contribution in [0.5, 0.6) is 0 Å². The molecular formula is C11H24N4O5. The number of aliphatic carboxylic acids is 2. The molecule has 9 heteroatoms. The fourth-order valence-electron chi connectivity index (χ4n) is 0.942. The minimum Gasteiger partial charge on any atom is -0.480 e. The molecule has 0 rings (SSSR count). The van der Waals surface area contributed by atoms with Crippen molar-refractivity contribution >= 4 is 18.0 Å². The standard InChI is InChI=1S/C6H13N3O3.C5H11NO2/c7-4(5(10)11)2-1-3-9-6(8)12;1-3(2)4(6)5(7)8/h4H,1-3,7H2,(H,10,11)(H3,8,9,12);3-4H,6H2,1-2H3,(H,7,8)/t2*4-/m00/s1. The van der Waals surface area contributed by atoms with E-state index in [0.29, 0.717) is 19.4 Å². The van der Waals surface area contributed by atoms with Crippen LogP contribution in [0.4, 0.5) is 4.79 Å². The Hall–Kier alpha value is -1.87. The number of hydrogen-bond acceptors (Lipinski definition) is 5. The number of primary amides is 1. The highest BCUT2D eigenvalue weighted by molar-refractivity contribution is 5.73. The zero-order chi connectivity index (χ0) is 16.3. The maximum Gasteiger partial charge on any atom is 0.320 e. The van der Waals surface area contributed by atoms with Crippen LogP contribution < -0.4 is 22.5 Å². The number of nitrogens with one attached hydrogen (secondary N) is 1. The number of urea groups is 1. The van der Waals surface area contributed by atoms with Gasteiger partial charge in [-0.2, -0.15) is 0 Å². The minimum absolute atomic E-state index is 0.0208. The Bertz CT molecular complexity index is 322. The van der Waals surface area contributed by atoms with Crippen LogP contribution in [-0.2, 0) is 9.59 Å². The Kier molecular flexibility index (Phi) is 11.2. The van der Waals surface area contributed by atoms with Gasteiger partial charge in [-0.3, -0.25) is 9.59 Å². The van der Waals surface area contributed by atoms with Gasteiger partial charge in [-0.25, -0.2) is 4.79 Å². The van der Waals surface area contributed by atoms with Crippen LogP contribution in [-0.4, -0.2) is 46.8 Å². The third-order valence-electron chi connectivity index (χ3n) is 2.31. The first kappa shape index (κ1) is 20.4. The van der Waals surface area contributed by atoms with E-state index in [4.69, 9.17) is 27.4 Å². The second-order valence-electron chi connectivity index (χ2n) is 4.49. The summed E-state index contributed by atoms with van der Waals surface area (Å²) < 4.78 is 0. The first-order valence-electron chi connectivity index (χ1n) is 6.09. The molecule has 0 aliphatic rings. The van der Waals surface area contributed by atoms with Gasteiger partial charge in [-0.1, -0.05) is 13.8 Å². The third kappa shape index (κ3) is 12.6. The van der Waals surface area contributed by atoms with Crippen LogP contribution in [0.2, 0.25) is 0 Å². The van der Waals surface area contributed by atoms with Crippen molar-refractivity contribution in [3.05, 3.63) is 0 Å². The van der Waals surface area contributed by atoms with Crippen LogP contribution in [0.25, 0.3) is 0 Å². The van der Waals surface area contributed by atoms with Crippen molar-refractivity contribution in [3.8, 4) is 0 Å². The zero-order valence-corrected chi connectivity index (χ0v) is 11.7. The number of hydrogen-bond donors (Lipinski definition) is 6. The van der Waals surface area contributed by atoms with E-state index in [2.05, 4.69) is 5.32 Å². The molecule has 0 unspecified atom stereocenters. The topological polar surface area (TPSA) is 182 Å². The molecule has 2 atom stereocenters. The Balaban J connectivity index is 0. The summed E-state index contributed by atoms with van der Waals surface area (Å²) in [6, 6.07) is -2.19. The first-order chi connectivity index (χ1) is 9.09. The summed E-state index contributed by atoms with van der Waals surface area (Å²) in [4.78, 5) is 30.3. The lowest BCUT2D eigenvalue weighted by atomic mass is 10.1. The van der Waals surface area contributed by atoms with Gasteiger partial charge in [0.1, 0.15) is 12.1 Å². The molecule has 0 fully saturated rings. The molecule has 0 saturated heterocycles. The van der Waals surface area contributed by atoms with E-state index in [1.807, 2.05) is 0 Å². The smallest absolute Gasteiger partial charge is 0.320 e. The molecule has 0 aromatic carbocycles. The lowest BCUT2D eigenvalue weighted by Crippen LogP contribution is -2.34. The molecule has 0 aromatic rings. The summed E-state index contributed by atoms with van der Waals surface area (Å²) in [5, 5.41) is 18.9. The summed E-state index contributed by atoms with van der Waals surface area (Å²) in [6.45, 7) is 3.91. The molecule has 0 aliphatic carbocycles.